The van der Waals surface area contributed by atoms with Gasteiger partial charge in [-0.3, -0.25) is 4.72 Å². The zero-order chi connectivity index (χ0) is 14.8. The summed E-state index contributed by atoms with van der Waals surface area (Å²) in [7, 11) is -3.69. The summed E-state index contributed by atoms with van der Waals surface area (Å²) >= 11 is 9.07. The summed E-state index contributed by atoms with van der Waals surface area (Å²) in [6.45, 7) is 0. The molecule has 0 amide bonds. The molecular weight excluding hydrogens is 364 g/mol. The molecule has 4 nitrogen and oxygen atoms in total. The van der Waals surface area contributed by atoms with E-state index in [0.717, 1.165) is 0 Å². The fourth-order valence-electron chi connectivity index (χ4n) is 1.48. The molecule has 0 unspecified atom stereocenters. The van der Waals surface area contributed by atoms with E-state index in [1.165, 1.54) is 24.3 Å². The number of nitrogens with zero attached hydrogens (tertiary/aromatic N) is 1. The van der Waals surface area contributed by atoms with Gasteiger partial charge < -0.3 is 0 Å². The molecule has 0 heterocycles. The quantitative estimate of drug-likeness (QED) is 0.892. The minimum Gasteiger partial charge on any atom is -0.280 e. The fourth-order valence-corrected chi connectivity index (χ4v) is 3.03. The van der Waals surface area contributed by atoms with Gasteiger partial charge in [0.25, 0.3) is 10.0 Å². The number of benzene rings is 2. The van der Waals surface area contributed by atoms with Crippen LogP contribution < -0.4 is 4.72 Å². The molecule has 1 N–H and O–H groups in total. The average Bonchev–Trinajstić information content (AvgIpc) is 2.43. The number of anilines is 1. The van der Waals surface area contributed by atoms with Crippen molar-refractivity contribution in [2.75, 3.05) is 4.72 Å². The van der Waals surface area contributed by atoms with Gasteiger partial charge in [-0.2, -0.15) is 5.26 Å². The highest BCUT2D eigenvalue weighted by atomic mass is 79.9. The van der Waals surface area contributed by atoms with Crippen LogP contribution >= 0.6 is 27.5 Å². The van der Waals surface area contributed by atoms with Crippen LogP contribution in [-0.2, 0) is 10.0 Å². The van der Waals surface area contributed by atoms with Crippen molar-refractivity contribution in [3.8, 4) is 6.07 Å². The van der Waals surface area contributed by atoms with Crippen LogP contribution in [0.3, 0.4) is 0 Å². The minimum absolute atomic E-state index is 0.0857. The lowest BCUT2D eigenvalue weighted by Gasteiger charge is -2.09. The Balaban J connectivity index is 2.30. The monoisotopic (exact) mass is 370 g/mol. The molecule has 7 heteroatoms. The van der Waals surface area contributed by atoms with Crippen molar-refractivity contribution in [3.05, 3.63) is 57.5 Å². The molecule has 0 spiro atoms. The Morgan fingerprint density at radius 3 is 2.35 bits per heavy atom. The van der Waals surface area contributed by atoms with Crippen molar-refractivity contribution in [1.82, 2.24) is 0 Å². The first-order valence-corrected chi connectivity index (χ1v) is 8.06. The number of rotatable bonds is 3. The summed E-state index contributed by atoms with van der Waals surface area (Å²) in [4.78, 5) is 0.0857. The predicted octanol–water partition coefficient (Wildman–Crippen LogP) is 3.77. The zero-order valence-electron chi connectivity index (χ0n) is 9.97. The maximum atomic E-state index is 12.2. The molecule has 0 fully saturated rings. The van der Waals surface area contributed by atoms with Crippen molar-refractivity contribution in [2.45, 2.75) is 4.90 Å². The SMILES string of the molecule is N#Cc1ccc(S(=O)(=O)Nc2ccc(Cl)c(Br)c2)cc1. The van der Waals surface area contributed by atoms with Gasteiger partial charge in [-0.15, -0.1) is 0 Å². The van der Waals surface area contributed by atoms with Crippen LogP contribution in [0.25, 0.3) is 0 Å². The number of hydrogen-bond donors (Lipinski definition) is 1. The molecule has 0 aliphatic carbocycles. The molecule has 0 saturated carbocycles. The molecule has 0 saturated heterocycles. The van der Waals surface area contributed by atoms with E-state index >= 15 is 0 Å². The summed E-state index contributed by atoms with van der Waals surface area (Å²) in [5.41, 5.74) is 0.795. The van der Waals surface area contributed by atoms with Crippen LogP contribution in [0.4, 0.5) is 5.69 Å². The van der Waals surface area contributed by atoms with E-state index in [2.05, 4.69) is 20.7 Å². The molecule has 0 aromatic heterocycles. The molecule has 0 bridgehead atoms. The van der Waals surface area contributed by atoms with Crippen LogP contribution in [0, 0.1) is 11.3 Å². The number of nitriles is 1. The number of sulfonamides is 1. The first-order chi connectivity index (χ1) is 9.42. The molecule has 102 valence electrons. The Morgan fingerprint density at radius 1 is 1.15 bits per heavy atom. The lowest BCUT2D eigenvalue weighted by atomic mass is 10.2. The molecule has 0 aliphatic rings. The maximum Gasteiger partial charge on any atom is 0.261 e. The Morgan fingerprint density at radius 2 is 1.80 bits per heavy atom. The highest BCUT2D eigenvalue weighted by Gasteiger charge is 2.14. The van der Waals surface area contributed by atoms with Crippen LogP contribution in [0.1, 0.15) is 5.56 Å². The predicted molar refractivity (Wildman–Crippen MR) is 81.1 cm³/mol. The third-order valence-electron chi connectivity index (χ3n) is 2.47. The number of hydrogen-bond acceptors (Lipinski definition) is 3. The van der Waals surface area contributed by atoms with Gasteiger partial charge in [0.1, 0.15) is 0 Å². The lowest BCUT2D eigenvalue weighted by molar-refractivity contribution is 0.601. The van der Waals surface area contributed by atoms with Gasteiger partial charge in [-0.05, 0) is 58.4 Å². The highest BCUT2D eigenvalue weighted by molar-refractivity contribution is 9.10. The Hall–Kier alpha value is -1.55. The van der Waals surface area contributed by atoms with Crippen molar-refractivity contribution in [1.29, 1.82) is 5.26 Å². The standard InChI is InChI=1S/C13H8BrClN2O2S/c14-12-7-10(3-6-13(12)15)17-20(18,19)11-4-1-9(8-16)2-5-11/h1-7,17H. The molecule has 2 aromatic carbocycles. The largest absolute Gasteiger partial charge is 0.280 e. The summed E-state index contributed by atoms with van der Waals surface area (Å²) in [5, 5.41) is 9.18. The van der Waals surface area contributed by atoms with E-state index < -0.39 is 10.0 Å². The van der Waals surface area contributed by atoms with Crippen molar-refractivity contribution >= 4 is 43.2 Å². The fraction of sp³-hybridized carbons (Fsp3) is 0. The lowest BCUT2D eigenvalue weighted by Crippen LogP contribution is -2.12. The molecule has 2 rings (SSSR count). The molecule has 0 atom stereocenters. The molecule has 0 aliphatic heterocycles. The minimum atomic E-state index is -3.69. The van der Waals surface area contributed by atoms with Crippen LogP contribution in [0.2, 0.25) is 5.02 Å². The van der Waals surface area contributed by atoms with Gasteiger partial charge >= 0.3 is 0 Å². The molecule has 20 heavy (non-hydrogen) atoms. The third kappa shape index (κ3) is 3.31. The van der Waals surface area contributed by atoms with Crippen molar-refractivity contribution in [3.63, 3.8) is 0 Å². The van der Waals surface area contributed by atoms with E-state index in [1.807, 2.05) is 6.07 Å². The Labute approximate surface area is 130 Å². The van der Waals surface area contributed by atoms with Gasteiger partial charge in [0.15, 0.2) is 0 Å². The number of halogens is 2. The Kier molecular flexibility index (Phi) is 4.33. The van der Waals surface area contributed by atoms with E-state index in [0.29, 0.717) is 20.7 Å². The summed E-state index contributed by atoms with van der Waals surface area (Å²) < 4.78 is 27.3. The molecular formula is C13H8BrClN2O2S. The van der Waals surface area contributed by atoms with Crippen LogP contribution in [0.15, 0.2) is 51.8 Å². The topological polar surface area (TPSA) is 70.0 Å². The third-order valence-corrected chi connectivity index (χ3v) is 5.08. The van der Waals surface area contributed by atoms with E-state index in [9.17, 15) is 8.42 Å². The second-order valence-corrected chi connectivity index (χ2v) is 6.81. The second kappa shape index (κ2) is 5.83. The number of nitrogens with one attached hydrogen (secondary N) is 1. The summed E-state index contributed by atoms with van der Waals surface area (Å²) in [6.07, 6.45) is 0. The van der Waals surface area contributed by atoms with Gasteiger partial charge in [0.05, 0.1) is 27.2 Å². The molecule has 0 radical (unpaired) electrons. The van der Waals surface area contributed by atoms with E-state index in [1.54, 1.807) is 18.2 Å². The zero-order valence-corrected chi connectivity index (χ0v) is 13.1. The smallest absolute Gasteiger partial charge is 0.261 e. The van der Waals surface area contributed by atoms with E-state index in [-0.39, 0.29) is 4.90 Å². The van der Waals surface area contributed by atoms with Gasteiger partial charge in [0.2, 0.25) is 0 Å². The normalized spacial score (nSPS) is 10.8. The van der Waals surface area contributed by atoms with Gasteiger partial charge in [-0.25, -0.2) is 8.42 Å². The van der Waals surface area contributed by atoms with Gasteiger partial charge in [-0.1, -0.05) is 11.6 Å². The van der Waals surface area contributed by atoms with Crippen LogP contribution in [0.5, 0.6) is 0 Å². The first kappa shape index (κ1) is 14.9. The van der Waals surface area contributed by atoms with Crippen LogP contribution in [-0.4, -0.2) is 8.42 Å². The van der Waals surface area contributed by atoms with Crippen molar-refractivity contribution in [2.24, 2.45) is 0 Å². The second-order valence-electron chi connectivity index (χ2n) is 3.87. The van der Waals surface area contributed by atoms with Gasteiger partial charge in [0, 0.05) is 4.47 Å². The average molecular weight is 372 g/mol. The summed E-state index contributed by atoms with van der Waals surface area (Å²) in [6, 6.07) is 12.3. The van der Waals surface area contributed by atoms with E-state index in [4.69, 9.17) is 16.9 Å². The maximum absolute atomic E-state index is 12.2. The highest BCUT2D eigenvalue weighted by Crippen LogP contribution is 2.26. The molecule has 2 aromatic rings. The Bertz CT molecular complexity index is 783. The first-order valence-electron chi connectivity index (χ1n) is 5.40. The van der Waals surface area contributed by atoms with Crippen molar-refractivity contribution < 1.29 is 8.42 Å². The summed E-state index contributed by atoms with van der Waals surface area (Å²) in [5.74, 6) is 0.